The summed E-state index contributed by atoms with van der Waals surface area (Å²) in [7, 11) is 4.26. The zero-order valence-electron chi connectivity index (χ0n) is 29.0. The third-order valence-electron chi connectivity index (χ3n) is 8.78. The van der Waals surface area contributed by atoms with E-state index in [0.29, 0.717) is 25.5 Å². The molecule has 1 aromatic carbocycles. The lowest BCUT2D eigenvalue weighted by Gasteiger charge is -2.40. The molecular formula is C35H58N8O2. The Morgan fingerprint density at radius 2 is 1.71 bits per heavy atom. The number of piperazine rings is 1. The summed E-state index contributed by atoms with van der Waals surface area (Å²) in [4.78, 5) is 28.5. The molecular weight excluding hydrogens is 564 g/mol. The smallest absolute Gasteiger partial charge is 0.218 e. The minimum absolute atomic E-state index is 0.00552. The van der Waals surface area contributed by atoms with Crippen molar-refractivity contribution in [3.8, 4) is 0 Å². The summed E-state index contributed by atoms with van der Waals surface area (Å²) < 4.78 is 8.52. The van der Waals surface area contributed by atoms with Gasteiger partial charge in [-0.1, -0.05) is 41.0 Å². The van der Waals surface area contributed by atoms with Crippen molar-refractivity contribution in [3.63, 3.8) is 0 Å². The molecule has 1 saturated heterocycles. The number of primary amides is 1. The van der Waals surface area contributed by atoms with Gasteiger partial charge >= 0.3 is 0 Å². The largest absolute Gasteiger partial charge is 0.382 e. The number of nitrogens with zero attached hydrogens (tertiary/aromatic N) is 6. The predicted molar refractivity (Wildman–Crippen MR) is 187 cm³/mol. The number of benzene rings is 1. The molecule has 250 valence electrons. The maximum Gasteiger partial charge on any atom is 0.218 e. The first kappa shape index (κ1) is 34.9. The van der Waals surface area contributed by atoms with Gasteiger partial charge in [0.2, 0.25) is 5.91 Å². The fourth-order valence-electron chi connectivity index (χ4n) is 6.55. The third-order valence-corrected chi connectivity index (χ3v) is 8.78. The quantitative estimate of drug-likeness (QED) is 0.204. The van der Waals surface area contributed by atoms with E-state index in [4.69, 9.17) is 26.2 Å². The molecule has 10 nitrogen and oxygen atoms in total. The van der Waals surface area contributed by atoms with Crippen LogP contribution in [-0.4, -0.2) is 96.8 Å². The number of rotatable bonds is 17. The van der Waals surface area contributed by atoms with Crippen molar-refractivity contribution in [2.75, 3.05) is 77.2 Å². The summed E-state index contributed by atoms with van der Waals surface area (Å²) in [5.41, 5.74) is 15.8. The van der Waals surface area contributed by atoms with Gasteiger partial charge in [0.1, 0.15) is 11.3 Å². The zero-order valence-corrected chi connectivity index (χ0v) is 29.0. The molecule has 0 radical (unpaired) electrons. The molecule has 0 aliphatic carbocycles. The van der Waals surface area contributed by atoms with Crippen LogP contribution in [0.25, 0.3) is 21.9 Å². The Morgan fingerprint density at radius 1 is 1.00 bits per heavy atom. The van der Waals surface area contributed by atoms with Crippen LogP contribution >= 0.6 is 0 Å². The minimum atomic E-state index is -0.282. The number of amides is 1. The fourth-order valence-corrected chi connectivity index (χ4v) is 6.55. The number of unbranched alkanes of at least 4 members (excludes halogenated alkanes) is 2. The van der Waals surface area contributed by atoms with Gasteiger partial charge in [0, 0.05) is 68.6 Å². The van der Waals surface area contributed by atoms with Crippen molar-refractivity contribution in [1.29, 1.82) is 0 Å². The van der Waals surface area contributed by atoms with Crippen LogP contribution in [0.5, 0.6) is 0 Å². The van der Waals surface area contributed by atoms with Gasteiger partial charge in [0.25, 0.3) is 0 Å². The van der Waals surface area contributed by atoms with Crippen LogP contribution in [0.4, 0.5) is 11.5 Å². The molecule has 3 aromatic rings. The molecule has 45 heavy (non-hydrogen) atoms. The Balaban J connectivity index is 1.47. The second kappa shape index (κ2) is 15.1. The van der Waals surface area contributed by atoms with Crippen LogP contribution in [0.1, 0.15) is 72.5 Å². The Morgan fingerprint density at radius 3 is 2.38 bits per heavy atom. The molecule has 4 rings (SSSR count). The lowest BCUT2D eigenvalue weighted by Crippen LogP contribution is -2.49. The second-order valence-corrected chi connectivity index (χ2v) is 14.9. The van der Waals surface area contributed by atoms with Crippen molar-refractivity contribution in [2.45, 2.75) is 79.7 Å². The highest BCUT2D eigenvalue weighted by atomic mass is 16.5. The average molecular weight is 623 g/mol. The zero-order chi connectivity index (χ0) is 32.8. The number of pyridine rings is 1. The lowest BCUT2D eigenvalue weighted by atomic mass is 9.89. The third kappa shape index (κ3) is 9.53. The van der Waals surface area contributed by atoms with Gasteiger partial charge in [-0.3, -0.25) is 9.69 Å². The van der Waals surface area contributed by atoms with Crippen LogP contribution in [-0.2, 0) is 22.5 Å². The number of nitrogen functional groups attached to an aromatic ring is 1. The molecule has 3 heterocycles. The molecule has 1 aliphatic rings. The molecule has 1 aliphatic heterocycles. The van der Waals surface area contributed by atoms with Crippen molar-refractivity contribution >= 4 is 39.3 Å². The van der Waals surface area contributed by atoms with E-state index in [-0.39, 0.29) is 16.7 Å². The van der Waals surface area contributed by atoms with Gasteiger partial charge < -0.3 is 30.6 Å². The van der Waals surface area contributed by atoms with Crippen LogP contribution in [0.15, 0.2) is 18.2 Å². The van der Waals surface area contributed by atoms with Gasteiger partial charge in [0.15, 0.2) is 5.82 Å². The first-order chi connectivity index (χ1) is 21.3. The molecule has 0 unspecified atom stereocenters. The van der Waals surface area contributed by atoms with E-state index >= 15 is 0 Å². The SMILES string of the molecule is CCCCc1nc2c(N)nc3ccc(N4CCN(CC(C)(C)COCC(C)(C)CC(N)=O)CC4)cc3c2n1CCCCN(C)C. The Kier molecular flexibility index (Phi) is 11.7. The molecule has 0 spiro atoms. The van der Waals surface area contributed by atoms with E-state index < -0.39 is 0 Å². The number of hydrogen-bond acceptors (Lipinski definition) is 8. The maximum absolute atomic E-state index is 11.4. The second-order valence-electron chi connectivity index (χ2n) is 14.9. The Labute approximate surface area is 270 Å². The van der Waals surface area contributed by atoms with Crippen LogP contribution in [0.2, 0.25) is 0 Å². The number of imidazole rings is 1. The molecule has 4 N–H and O–H groups in total. The molecule has 10 heteroatoms. The first-order valence-electron chi connectivity index (χ1n) is 16.8. The normalized spacial score (nSPS) is 15.2. The van der Waals surface area contributed by atoms with Gasteiger partial charge in [-0.25, -0.2) is 9.97 Å². The van der Waals surface area contributed by atoms with E-state index in [1.54, 1.807) is 0 Å². The van der Waals surface area contributed by atoms with Crippen LogP contribution < -0.4 is 16.4 Å². The molecule has 0 atom stereocenters. The van der Waals surface area contributed by atoms with Gasteiger partial charge in [-0.05, 0) is 63.5 Å². The summed E-state index contributed by atoms with van der Waals surface area (Å²) in [6.07, 6.45) is 5.77. The molecule has 1 amide bonds. The molecule has 1 fully saturated rings. The monoisotopic (exact) mass is 622 g/mol. The minimum Gasteiger partial charge on any atom is -0.382 e. The summed E-state index contributed by atoms with van der Waals surface area (Å²) >= 11 is 0. The van der Waals surface area contributed by atoms with Crippen molar-refractivity contribution in [1.82, 2.24) is 24.3 Å². The maximum atomic E-state index is 11.4. The van der Waals surface area contributed by atoms with Crippen molar-refractivity contribution in [3.05, 3.63) is 24.0 Å². The molecule has 0 bridgehead atoms. The predicted octanol–water partition coefficient (Wildman–Crippen LogP) is 4.92. The van der Waals surface area contributed by atoms with E-state index in [2.05, 4.69) is 72.3 Å². The van der Waals surface area contributed by atoms with E-state index in [1.807, 2.05) is 13.8 Å². The highest BCUT2D eigenvalue weighted by Gasteiger charge is 2.28. The standard InChI is InChI=1S/C35H58N8O2/c1-8-9-12-30-39-31-32(43(30)16-11-10-15-40(6)7)27-21-26(13-14-28(27)38-33(31)37)42-19-17-41(18-20-42)23-35(4,5)25-45-24-34(2,3)22-29(36)44/h13-14,21H,8-12,15-20,22-25H2,1-7H3,(H2,36,44)(H2,37,38). The fraction of sp³-hybridized carbons (Fsp3) is 0.686. The van der Waals surface area contributed by atoms with Crippen LogP contribution in [0.3, 0.4) is 0 Å². The highest BCUT2D eigenvalue weighted by molar-refractivity contribution is 6.07. The number of hydrogen-bond donors (Lipinski definition) is 2. The number of aryl methyl sites for hydroxylation is 2. The van der Waals surface area contributed by atoms with Gasteiger partial charge in [0.05, 0.1) is 24.2 Å². The topological polar surface area (TPSA) is 119 Å². The molecule has 0 saturated carbocycles. The number of carbonyl (C=O) groups excluding carboxylic acids is 1. The number of nitrogens with two attached hydrogens (primary N) is 2. The Bertz CT molecular complexity index is 1420. The summed E-state index contributed by atoms with van der Waals surface area (Å²) in [5.74, 6) is 1.36. The Hall–Kier alpha value is -2.95. The van der Waals surface area contributed by atoms with Crippen molar-refractivity contribution < 1.29 is 9.53 Å². The number of carbonyl (C=O) groups is 1. The summed E-state index contributed by atoms with van der Waals surface area (Å²) in [5, 5.41) is 1.14. The lowest BCUT2D eigenvalue weighted by molar-refractivity contribution is -0.121. The number of ether oxygens (including phenoxy) is 1. The van der Waals surface area contributed by atoms with E-state index in [9.17, 15) is 4.79 Å². The van der Waals surface area contributed by atoms with E-state index in [0.717, 1.165) is 106 Å². The number of fused-ring (bicyclic) bond motifs is 3. The first-order valence-corrected chi connectivity index (χ1v) is 16.8. The van der Waals surface area contributed by atoms with Crippen LogP contribution in [0, 0.1) is 10.8 Å². The number of aromatic nitrogens is 3. The van der Waals surface area contributed by atoms with Gasteiger partial charge in [-0.2, -0.15) is 0 Å². The summed E-state index contributed by atoms with van der Waals surface area (Å²) in [6, 6.07) is 6.63. The average Bonchev–Trinajstić information content (AvgIpc) is 3.32. The van der Waals surface area contributed by atoms with Gasteiger partial charge in [-0.15, -0.1) is 0 Å². The van der Waals surface area contributed by atoms with Crippen molar-refractivity contribution in [2.24, 2.45) is 16.6 Å². The summed E-state index contributed by atoms with van der Waals surface area (Å²) in [6.45, 7) is 18.9. The van der Waals surface area contributed by atoms with E-state index in [1.165, 1.54) is 5.69 Å². The molecule has 2 aromatic heterocycles. The number of anilines is 2. The highest BCUT2D eigenvalue weighted by Crippen LogP contribution is 2.33.